The zero-order valence-corrected chi connectivity index (χ0v) is 19.4. The number of nitrogens with zero attached hydrogens (tertiary/aromatic N) is 1. The fourth-order valence-electron chi connectivity index (χ4n) is 4.50. The van der Waals surface area contributed by atoms with Gasteiger partial charge < -0.3 is 20.4 Å². The van der Waals surface area contributed by atoms with Crippen molar-refractivity contribution in [2.24, 2.45) is 23.2 Å². The van der Waals surface area contributed by atoms with E-state index in [1.165, 1.54) is 6.21 Å². The maximum absolute atomic E-state index is 13.2. The third kappa shape index (κ3) is 4.14. The van der Waals surface area contributed by atoms with E-state index in [9.17, 15) is 18.4 Å². The smallest absolute Gasteiger partial charge is 0.329 e. The van der Waals surface area contributed by atoms with Crippen LogP contribution in [0.5, 0.6) is 0 Å². The number of carbonyl (C=O) groups is 2. The van der Waals surface area contributed by atoms with Crippen LogP contribution in [0.2, 0.25) is 0 Å². The van der Waals surface area contributed by atoms with Crippen LogP contribution < -0.4 is 5.32 Å². The molecule has 4 rings (SSSR count). The van der Waals surface area contributed by atoms with Crippen LogP contribution >= 0.6 is 22.6 Å². The summed E-state index contributed by atoms with van der Waals surface area (Å²) in [6, 6.07) is -0.280. The molecule has 0 bridgehead atoms. The van der Waals surface area contributed by atoms with Crippen molar-refractivity contribution in [3.8, 4) is 0 Å². The van der Waals surface area contributed by atoms with Gasteiger partial charge >= 0.3 is 3.93 Å². The highest BCUT2D eigenvalue weighted by Crippen LogP contribution is 2.53. The molecule has 0 aromatic rings. The SMILES string of the molecule is CC1=C(OCC(F)(F)I)[C@@H]1C(C=N)C(C)N1CC(C(=N)C(=O)NC2CC2)C2(C=C2)C1=O. The van der Waals surface area contributed by atoms with Gasteiger partial charge in [-0.15, -0.1) is 0 Å². The number of ether oxygens (including phenoxy) is 1. The highest BCUT2D eigenvalue weighted by molar-refractivity contribution is 14.1. The second kappa shape index (κ2) is 7.63. The predicted molar refractivity (Wildman–Crippen MR) is 119 cm³/mol. The van der Waals surface area contributed by atoms with Gasteiger partial charge in [-0.1, -0.05) is 12.2 Å². The van der Waals surface area contributed by atoms with Crippen molar-refractivity contribution in [2.75, 3.05) is 13.2 Å². The summed E-state index contributed by atoms with van der Waals surface area (Å²) in [5.41, 5.74) is -0.214. The summed E-state index contributed by atoms with van der Waals surface area (Å²) < 4.78 is 28.6. The molecule has 3 aliphatic carbocycles. The minimum atomic E-state index is -2.98. The summed E-state index contributed by atoms with van der Waals surface area (Å²) in [6.45, 7) is 3.07. The average Bonchev–Trinajstić information content (AvgIpc) is 3.58. The third-order valence-corrected chi connectivity index (χ3v) is 7.00. The van der Waals surface area contributed by atoms with E-state index in [1.54, 1.807) is 24.0 Å². The van der Waals surface area contributed by atoms with Crippen molar-refractivity contribution in [1.82, 2.24) is 10.2 Å². The first kappa shape index (κ1) is 22.3. The van der Waals surface area contributed by atoms with Gasteiger partial charge in [0, 0.05) is 59.3 Å². The van der Waals surface area contributed by atoms with Crippen molar-refractivity contribution in [1.29, 1.82) is 10.8 Å². The quantitative estimate of drug-likeness (QED) is 0.170. The number of hydrogen-bond donors (Lipinski definition) is 3. The van der Waals surface area contributed by atoms with E-state index in [0.29, 0.717) is 5.76 Å². The topological polar surface area (TPSA) is 106 Å². The molecule has 2 fully saturated rings. The molecule has 0 aromatic heterocycles. The predicted octanol–water partition coefficient (Wildman–Crippen LogP) is 2.90. The first-order chi connectivity index (χ1) is 14.5. The summed E-state index contributed by atoms with van der Waals surface area (Å²) >= 11 is 1.02. The van der Waals surface area contributed by atoms with Crippen molar-refractivity contribution >= 4 is 46.3 Å². The van der Waals surface area contributed by atoms with Gasteiger partial charge in [0.1, 0.15) is 11.5 Å². The molecule has 1 heterocycles. The Kier molecular flexibility index (Phi) is 5.50. The van der Waals surface area contributed by atoms with E-state index in [0.717, 1.165) is 41.0 Å². The van der Waals surface area contributed by atoms with Gasteiger partial charge in [0.15, 0.2) is 6.61 Å². The Morgan fingerprint density at radius 2 is 2.13 bits per heavy atom. The molecule has 2 amide bonds. The molecule has 31 heavy (non-hydrogen) atoms. The lowest BCUT2D eigenvalue weighted by Gasteiger charge is -2.30. The van der Waals surface area contributed by atoms with Crippen molar-refractivity contribution < 1.29 is 23.1 Å². The number of carbonyl (C=O) groups excluding carboxylic acids is 2. The minimum absolute atomic E-state index is 0.0969. The summed E-state index contributed by atoms with van der Waals surface area (Å²) in [5, 5.41) is 19.1. The molecule has 1 aliphatic heterocycles. The molecule has 4 atom stereocenters. The van der Waals surface area contributed by atoms with Crippen LogP contribution in [-0.2, 0) is 14.3 Å². The van der Waals surface area contributed by atoms with Gasteiger partial charge in [-0.3, -0.25) is 15.0 Å². The van der Waals surface area contributed by atoms with Crippen LogP contribution in [0.15, 0.2) is 23.5 Å². The lowest BCUT2D eigenvalue weighted by atomic mass is 9.85. The molecule has 0 radical (unpaired) electrons. The normalized spacial score (nSPS) is 27.9. The molecule has 10 heteroatoms. The Labute approximate surface area is 192 Å². The molecule has 7 nitrogen and oxygen atoms in total. The van der Waals surface area contributed by atoms with E-state index in [4.69, 9.17) is 15.6 Å². The van der Waals surface area contributed by atoms with E-state index < -0.39 is 39.7 Å². The first-order valence-electron chi connectivity index (χ1n) is 10.3. The minimum Gasteiger partial charge on any atom is -0.490 e. The largest absolute Gasteiger partial charge is 0.490 e. The van der Waals surface area contributed by atoms with E-state index in [1.807, 2.05) is 6.92 Å². The Morgan fingerprint density at radius 3 is 2.65 bits per heavy atom. The molecular weight excluding hydrogens is 521 g/mol. The number of nitrogens with one attached hydrogen (secondary N) is 3. The molecule has 3 unspecified atom stereocenters. The number of rotatable bonds is 10. The first-order valence-corrected chi connectivity index (χ1v) is 11.4. The van der Waals surface area contributed by atoms with Crippen LogP contribution in [-0.4, -0.2) is 57.8 Å². The summed E-state index contributed by atoms with van der Waals surface area (Å²) in [7, 11) is 0. The standard InChI is InChI=1S/C21H25F2IN4O3/c1-10-15(17(10)31-9-21(22,23)24)13(7-25)11(2)28-8-14(20(5-6-20)19(28)30)16(26)18(29)27-12-3-4-12/h5-7,11-15,25-26H,3-4,8-9H2,1-2H3,(H,27,29)/t11?,13?,14?,15-/m0/s1. The average molecular weight is 546 g/mol. The van der Waals surface area contributed by atoms with Crippen LogP contribution in [0.1, 0.15) is 26.7 Å². The monoisotopic (exact) mass is 546 g/mol. The zero-order valence-electron chi connectivity index (χ0n) is 17.3. The molecule has 3 N–H and O–H groups in total. The molecule has 1 saturated carbocycles. The maximum Gasteiger partial charge on any atom is 0.329 e. The van der Waals surface area contributed by atoms with E-state index >= 15 is 0 Å². The van der Waals surface area contributed by atoms with Gasteiger partial charge in [0.25, 0.3) is 5.91 Å². The molecule has 1 saturated heterocycles. The van der Waals surface area contributed by atoms with Crippen LogP contribution in [0.4, 0.5) is 8.78 Å². The number of hydrogen-bond acceptors (Lipinski definition) is 5. The Morgan fingerprint density at radius 1 is 1.48 bits per heavy atom. The summed E-state index contributed by atoms with van der Waals surface area (Å²) in [5.74, 6) is -1.43. The second-order valence-electron chi connectivity index (χ2n) is 8.85. The molecule has 4 aliphatic rings. The van der Waals surface area contributed by atoms with Crippen LogP contribution in [0.3, 0.4) is 0 Å². The number of likely N-dealkylation sites (tertiary alicyclic amines) is 1. The van der Waals surface area contributed by atoms with Crippen molar-refractivity contribution in [2.45, 2.75) is 42.7 Å². The fourth-order valence-corrected chi connectivity index (χ4v) is 4.65. The molecule has 0 aromatic carbocycles. The van der Waals surface area contributed by atoms with E-state index in [-0.39, 0.29) is 30.1 Å². The van der Waals surface area contributed by atoms with Gasteiger partial charge in [0.05, 0.1) is 11.3 Å². The Balaban J connectivity index is 1.44. The number of alkyl halides is 3. The van der Waals surface area contributed by atoms with Gasteiger partial charge in [-0.2, -0.15) is 8.78 Å². The van der Waals surface area contributed by atoms with Crippen LogP contribution in [0, 0.1) is 34.0 Å². The number of halogens is 3. The highest BCUT2D eigenvalue weighted by atomic mass is 127. The lowest BCUT2D eigenvalue weighted by molar-refractivity contribution is -0.133. The number of amides is 2. The van der Waals surface area contributed by atoms with E-state index in [2.05, 4.69) is 5.32 Å². The Bertz CT molecular complexity index is 903. The van der Waals surface area contributed by atoms with Gasteiger partial charge in [-0.05, 0) is 32.3 Å². The lowest BCUT2D eigenvalue weighted by Crippen LogP contribution is -2.43. The van der Waals surface area contributed by atoms with Crippen molar-refractivity contribution in [3.63, 3.8) is 0 Å². The molecule has 1 spiro atoms. The highest BCUT2D eigenvalue weighted by Gasteiger charge is 2.61. The number of allylic oxidation sites excluding steroid dienone is 2. The summed E-state index contributed by atoms with van der Waals surface area (Å²) in [6.07, 6.45) is 6.54. The maximum atomic E-state index is 13.2. The fraction of sp³-hybridized carbons (Fsp3) is 0.619. The van der Waals surface area contributed by atoms with Gasteiger partial charge in [-0.25, -0.2) is 0 Å². The molecule has 168 valence electrons. The van der Waals surface area contributed by atoms with Gasteiger partial charge in [0.2, 0.25) is 5.91 Å². The third-order valence-electron chi connectivity index (χ3n) is 6.69. The van der Waals surface area contributed by atoms with Crippen molar-refractivity contribution in [3.05, 3.63) is 23.5 Å². The summed E-state index contributed by atoms with van der Waals surface area (Å²) in [4.78, 5) is 27.2. The second-order valence-corrected chi connectivity index (χ2v) is 10.4. The Hall–Kier alpha value is -1.85. The van der Waals surface area contributed by atoms with Crippen LogP contribution in [0.25, 0.3) is 0 Å². The molecular formula is C21H25F2IN4O3. The zero-order chi connectivity index (χ0) is 22.7.